The van der Waals surface area contributed by atoms with Gasteiger partial charge in [0.2, 0.25) is 0 Å². The number of hydrogen-bond donors (Lipinski definition) is 0. The van der Waals surface area contributed by atoms with Crippen LogP contribution in [0.3, 0.4) is 0 Å². The van der Waals surface area contributed by atoms with Crippen LogP contribution in [-0.4, -0.2) is 0 Å². The molecule has 1 aromatic rings. The van der Waals surface area contributed by atoms with E-state index in [4.69, 9.17) is 0 Å². The molecule has 0 heteroatoms. The summed E-state index contributed by atoms with van der Waals surface area (Å²) in [4.78, 5) is 0. The second kappa shape index (κ2) is 2.63. The molecule has 0 nitrogen and oxygen atoms in total. The van der Waals surface area contributed by atoms with Crippen molar-refractivity contribution in [3.63, 3.8) is 0 Å². The van der Waals surface area contributed by atoms with Crippen molar-refractivity contribution in [3.05, 3.63) is 53.6 Å². The highest BCUT2D eigenvalue weighted by atomic mass is 14.2. The molecule has 0 spiro atoms. The summed E-state index contributed by atoms with van der Waals surface area (Å²) in [5.41, 5.74) is 4.10. The topological polar surface area (TPSA) is 0 Å². The van der Waals surface area contributed by atoms with Crippen LogP contribution in [0.1, 0.15) is 24.0 Å². The van der Waals surface area contributed by atoms with E-state index in [2.05, 4.69) is 43.8 Å². The molecule has 60 valence electrons. The van der Waals surface area contributed by atoms with Gasteiger partial charge in [0.25, 0.3) is 0 Å². The van der Waals surface area contributed by atoms with E-state index < -0.39 is 0 Å². The predicted molar refractivity (Wildman–Crippen MR) is 53.0 cm³/mol. The molecule has 0 N–H and O–H groups in total. The van der Waals surface area contributed by atoms with Gasteiger partial charge in [-0.15, -0.1) is 0 Å². The smallest absolute Gasteiger partial charge is 0.00669 e. The summed E-state index contributed by atoms with van der Waals surface area (Å²) in [7, 11) is 0. The van der Waals surface area contributed by atoms with Crippen molar-refractivity contribution >= 4 is 6.08 Å². The quantitative estimate of drug-likeness (QED) is 0.584. The molecule has 0 saturated heterocycles. The highest BCUT2D eigenvalue weighted by molar-refractivity contribution is 5.68. The lowest BCUT2D eigenvalue weighted by Gasteiger charge is -2.06. The molecule has 12 heavy (non-hydrogen) atoms. The van der Waals surface area contributed by atoms with Crippen LogP contribution in [0.2, 0.25) is 0 Å². The minimum atomic E-state index is 0.527. The lowest BCUT2D eigenvalue weighted by atomic mass is 9.98. The number of fused-ring (bicyclic) bond motifs is 1. The van der Waals surface area contributed by atoms with E-state index >= 15 is 0 Å². The summed E-state index contributed by atoms with van der Waals surface area (Å²) in [6, 6.07) is 8.51. The van der Waals surface area contributed by atoms with E-state index in [-0.39, 0.29) is 0 Å². The molecule has 1 aromatic carbocycles. The van der Waals surface area contributed by atoms with Crippen molar-refractivity contribution in [3.8, 4) is 0 Å². The maximum absolute atomic E-state index is 3.81. The van der Waals surface area contributed by atoms with Crippen molar-refractivity contribution in [1.82, 2.24) is 0 Å². The van der Waals surface area contributed by atoms with Crippen LogP contribution < -0.4 is 0 Å². The zero-order chi connectivity index (χ0) is 8.55. The maximum Gasteiger partial charge on any atom is 0.00669 e. The van der Waals surface area contributed by atoms with Crippen molar-refractivity contribution in [2.75, 3.05) is 0 Å². The maximum atomic E-state index is 3.81. The summed E-state index contributed by atoms with van der Waals surface area (Å²) in [5.74, 6) is 0.527. The van der Waals surface area contributed by atoms with Crippen LogP contribution in [0.5, 0.6) is 0 Å². The van der Waals surface area contributed by atoms with Crippen molar-refractivity contribution in [2.24, 2.45) is 0 Å². The Morgan fingerprint density at radius 1 is 1.33 bits per heavy atom. The summed E-state index contributed by atoms with van der Waals surface area (Å²) in [6.45, 7) is 6.03. The van der Waals surface area contributed by atoms with Gasteiger partial charge in [-0.25, -0.2) is 0 Å². The number of hydrogen-bond acceptors (Lipinski definition) is 0. The average Bonchev–Trinajstić information content (AvgIpc) is 2.44. The molecule has 1 aliphatic rings. The lowest BCUT2D eigenvalue weighted by Crippen LogP contribution is -1.89. The van der Waals surface area contributed by atoms with Gasteiger partial charge in [0, 0.05) is 5.92 Å². The van der Waals surface area contributed by atoms with Gasteiger partial charge in [-0.3, -0.25) is 0 Å². The predicted octanol–water partition coefficient (Wildman–Crippen LogP) is 3.37. The van der Waals surface area contributed by atoms with Gasteiger partial charge in [0.15, 0.2) is 0 Å². The van der Waals surface area contributed by atoms with Gasteiger partial charge >= 0.3 is 0 Å². The molecule has 0 aliphatic heterocycles. The van der Waals surface area contributed by atoms with Crippen LogP contribution in [0.4, 0.5) is 0 Å². The normalized spacial score (nSPS) is 20.1. The molecule has 2 rings (SSSR count). The van der Waals surface area contributed by atoms with E-state index in [0.717, 1.165) is 0 Å². The molecule has 0 saturated carbocycles. The third-order valence-corrected chi connectivity index (χ3v) is 2.52. The SMILES string of the molecule is C=CC1=Cc2ccccc2C1C. The van der Waals surface area contributed by atoms with Crippen LogP contribution >= 0.6 is 0 Å². The molecule has 0 radical (unpaired) electrons. The van der Waals surface area contributed by atoms with Crippen LogP contribution in [-0.2, 0) is 0 Å². The fourth-order valence-electron chi connectivity index (χ4n) is 1.76. The molecule has 1 atom stereocenters. The summed E-state index contributed by atoms with van der Waals surface area (Å²) in [6.07, 6.45) is 4.16. The third kappa shape index (κ3) is 0.918. The first-order chi connectivity index (χ1) is 5.83. The number of benzene rings is 1. The van der Waals surface area contributed by atoms with Crippen molar-refractivity contribution < 1.29 is 0 Å². The monoisotopic (exact) mass is 156 g/mol. The Labute approximate surface area is 73.2 Å². The van der Waals surface area contributed by atoms with Crippen LogP contribution in [0.15, 0.2) is 42.5 Å². The molecular weight excluding hydrogens is 144 g/mol. The van der Waals surface area contributed by atoms with Crippen LogP contribution in [0.25, 0.3) is 6.08 Å². The third-order valence-electron chi connectivity index (χ3n) is 2.52. The molecule has 1 unspecified atom stereocenters. The Bertz CT molecular complexity index is 345. The zero-order valence-electron chi connectivity index (χ0n) is 7.25. The minimum Gasteiger partial charge on any atom is -0.0988 e. The fraction of sp³-hybridized carbons (Fsp3) is 0.167. The standard InChI is InChI=1S/C12H12/c1-3-10-8-11-6-4-5-7-12(11)9(10)2/h3-9H,1H2,2H3. The highest BCUT2D eigenvalue weighted by Gasteiger charge is 2.17. The summed E-state index contributed by atoms with van der Waals surface area (Å²) in [5, 5.41) is 0. The van der Waals surface area contributed by atoms with Gasteiger partial charge < -0.3 is 0 Å². The van der Waals surface area contributed by atoms with Crippen LogP contribution in [0, 0.1) is 0 Å². The van der Waals surface area contributed by atoms with Gasteiger partial charge in [-0.05, 0) is 16.7 Å². The second-order valence-corrected chi connectivity index (χ2v) is 3.20. The van der Waals surface area contributed by atoms with Gasteiger partial charge in [0.05, 0.1) is 0 Å². The molecule has 0 aromatic heterocycles. The molecule has 0 heterocycles. The first-order valence-corrected chi connectivity index (χ1v) is 4.26. The molecule has 0 amide bonds. The summed E-state index contributed by atoms with van der Waals surface area (Å²) < 4.78 is 0. The first kappa shape index (κ1) is 7.35. The zero-order valence-corrected chi connectivity index (χ0v) is 7.25. The Balaban J connectivity index is 2.54. The second-order valence-electron chi connectivity index (χ2n) is 3.20. The number of rotatable bonds is 1. The van der Waals surface area contributed by atoms with Crippen molar-refractivity contribution in [1.29, 1.82) is 0 Å². The molecular formula is C12H12. The largest absolute Gasteiger partial charge is 0.0988 e. The first-order valence-electron chi connectivity index (χ1n) is 4.26. The fourth-order valence-corrected chi connectivity index (χ4v) is 1.76. The Morgan fingerprint density at radius 2 is 2.08 bits per heavy atom. The Kier molecular flexibility index (Phi) is 1.61. The Morgan fingerprint density at radius 3 is 2.75 bits per heavy atom. The molecule has 0 bridgehead atoms. The minimum absolute atomic E-state index is 0.527. The lowest BCUT2D eigenvalue weighted by molar-refractivity contribution is 0.949. The van der Waals surface area contributed by atoms with Gasteiger partial charge in [0.1, 0.15) is 0 Å². The van der Waals surface area contributed by atoms with Gasteiger partial charge in [-0.2, -0.15) is 0 Å². The van der Waals surface area contributed by atoms with E-state index in [9.17, 15) is 0 Å². The Hall–Kier alpha value is -1.30. The highest BCUT2D eigenvalue weighted by Crippen LogP contribution is 2.35. The van der Waals surface area contributed by atoms with Gasteiger partial charge in [-0.1, -0.05) is 49.9 Å². The summed E-state index contributed by atoms with van der Waals surface area (Å²) >= 11 is 0. The average molecular weight is 156 g/mol. The molecule has 1 aliphatic carbocycles. The molecule has 0 fully saturated rings. The number of allylic oxidation sites excluding steroid dienone is 2. The van der Waals surface area contributed by atoms with Crippen molar-refractivity contribution in [2.45, 2.75) is 12.8 Å². The van der Waals surface area contributed by atoms with E-state index in [1.54, 1.807) is 0 Å². The van der Waals surface area contributed by atoms with E-state index in [1.807, 2.05) is 6.08 Å². The van der Waals surface area contributed by atoms with E-state index in [0.29, 0.717) is 5.92 Å². The van der Waals surface area contributed by atoms with E-state index in [1.165, 1.54) is 16.7 Å².